The van der Waals surface area contributed by atoms with Gasteiger partial charge in [-0.15, -0.1) is 0 Å². The van der Waals surface area contributed by atoms with E-state index in [2.05, 4.69) is 15.6 Å². The number of aryl methyl sites for hydroxylation is 1. The molecule has 2 heterocycles. The lowest BCUT2D eigenvalue weighted by molar-refractivity contribution is 0.101. The molecular formula is C22H18F2N4O2. The number of nitrogens with one attached hydrogen (secondary N) is 1. The number of halogens is 2. The number of aromatic nitrogens is 3. The maximum absolute atomic E-state index is 13.1. The largest absolute Gasteiger partial charge is 0.355 e. The van der Waals surface area contributed by atoms with Crippen LogP contribution in [0.1, 0.15) is 27.4 Å². The number of carbonyl (C=O) groups is 1. The van der Waals surface area contributed by atoms with E-state index in [1.54, 1.807) is 35.9 Å². The van der Waals surface area contributed by atoms with Crippen LogP contribution in [0.5, 0.6) is 0 Å². The molecule has 30 heavy (non-hydrogen) atoms. The van der Waals surface area contributed by atoms with E-state index in [0.29, 0.717) is 29.2 Å². The van der Waals surface area contributed by atoms with Gasteiger partial charge in [-0.1, -0.05) is 17.3 Å². The highest BCUT2D eigenvalue weighted by Crippen LogP contribution is 2.24. The predicted octanol–water partition coefficient (Wildman–Crippen LogP) is 4.73. The number of anilines is 1. The standard InChI is InChI=1S/C22H18F2N4O2/c1-13-21(14(2)28(26-13)12-15-3-7-17(23)8-4-15)25-22(29)19-11-20(30-27-19)16-5-9-18(24)10-6-16/h3-11H,12H2,1-2H3,(H,25,29). The topological polar surface area (TPSA) is 73.0 Å². The van der Waals surface area contributed by atoms with Gasteiger partial charge in [0.15, 0.2) is 11.5 Å². The highest BCUT2D eigenvalue weighted by Gasteiger charge is 2.19. The van der Waals surface area contributed by atoms with Crippen LogP contribution < -0.4 is 5.32 Å². The molecule has 4 aromatic rings. The Bertz CT molecular complexity index is 1200. The Morgan fingerprint density at radius 2 is 1.67 bits per heavy atom. The molecule has 0 aliphatic heterocycles. The molecule has 0 radical (unpaired) electrons. The SMILES string of the molecule is Cc1nn(Cc2ccc(F)cc2)c(C)c1NC(=O)c1cc(-c2ccc(F)cc2)on1. The fourth-order valence-corrected chi connectivity index (χ4v) is 3.10. The minimum absolute atomic E-state index is 0.0967. The molecule has 4 rings (SSSR count). The first-order valence-electron chi connectivity index (χ1n) is 9.23. The van der Waals surface area contributed by atoms with Crippen LogP contribution in [-0.4, -0.2) is 20.8 Å². The molecule has 2 aromatic carbocycles. The molecule has 1 amide bonds. The van der Waals surface area contributed by atoms with Crippen molar-refractivity contribution in [3.05, 3.63) is 88.9 Å². The van der Waals surface area contributed by atoms with E-state index in [-0.39, 0.29) is 17.3 Å². The Morgan fingerprint density at radius 3 is 2.33 bits per heavy atom. The zero-order valence-electron chi connectivity index (χ0n) is 16.3. The maximum atomic E-state index is 13.1. The Morgan fingerprint density at radius 1 is 1.03 bits per heavy atom. The van der Waals surface area contributed by atoms with E-state index in [1.807, 2.05) is 6.92 Å². The number of hydrogen-bond acceptors (Lipinski definition) is 4. The van der Waals surface area contributed by atoms with Gasteiger partial charge in [0.1, 0.15) is 11.6 Å². The van der Waals surface area contributed by atoms with Crippen molar-refractivity contribution in [1.82, 2.24) is 14.9 Å². The fourth-order valence-electron chi connectivity index (χ4n) is 3.10. The van der Waals surface area contributed by atoms with Crippen LogP contribution in [0, 0.1) is 25.5 Å². The molecule has 152 valence electrons. The first kappa shape index (κ1) is 19.5. The molecule has 0 atom stereocenters. The molecule has 6 nitrogen and oxygen atoms in total. The lowest BCUT2D eigenvalue weighted by Gasteiger charge is -2.06. The van der Waals surface area contributed by atoms with Crippen molar-refractivity contribution in [1.29, 1.82) is 0 Å². The molecule has 0 unspecified atom stereocenters. The highest BCUT2D eigenvalue weighted by atomic mass is 19.1. The van der Waals surface area contributed by atoms with Crippen LogP contribution >= 0.6 is 0 Å². The zero-order chi connectivity index (χ0) is 21.3. The van der Waals surface area contributed by atoms with Crippen molar-refractivity contribution in [3.63, 3.8) is 0 Å². The number of benzene rings is 2. The molecule has 8 heteroatoms. The van der Waals surface area contributed by atoms with E-state index >= 15 is 0 Å². The number of rotatable bonds is 5. The van der Waals surface area contributed by atoms with E-state index in [1.165, 1.54) is 30.3 Å². The second kappa shape index (κ2) is 7.90. The van der Waals surface area contributed by atoms with Crippen LogP contribution in [0.15, 0.2) is 59.1 Å². The normalized spacial score (nSPS) is 10.9. The summed E-state index contributed by atoms with van der Waals surface area (Å²) in [4.78, 5) is 12.7. The summed E-state index contributed by atoms with van der Waals surface area (Å²) in [5.41, 5.74) is 3.58. The molecule has 2 aromatic heterocycles. The average molecular weight is 408 g/mol. The van der Waals surface area contributed by atoms with Crippen molar-refractivity contribution in [2.24, 2.45) is 0 Å². The van der Waals surface area contributed by atoms with Gasteiger partial charge in [-0.3, -0.25) is 9.48 Å². The van der Waals surface area contributed by atoms with Crippen LogP contribution in [0.4, 0.5) is 14.5 Å². The number of nitrogens with zero attached hydrogens (tertiary/aromatic N) is 3. The third-order valence-electron chi connectivity index (χ3n) is 4.74. The summed E-state index contributed by atoms with van der Waals surface area (Å²) < 4.78 is 33.1. The molecule has 0 aliphatic rings. The van der Waals surface area contributed by atoms with Crippen LogP contribution in [0.3, 0.4) is 0 Å². The average Bonchev–Trinajstić information content (AvgIpc) is 3.32. The van der Waals surface area contributed by atoms with Gasteiger partial charge in [-0.05, 0) is 55.8 Å². The summed E-state index contributed by atoms with van der Waals surface area (Å²) in [7, 11) is 0. The van der Waals surface area contributed by atoms with Crippen LogP contribution in [0.25, 0.3) is 11.3 Å². The Balaban J connectivity index is 1.51. The van der Waals surface area contributed by atoms with E-state index in [9.17, 15) is 13.6 Å². The first-order chi connectivity index (χ1) is 14.4. The molecule has 0 fully saturated rings. The quantitative estimate of drug-likeness (QED) is 0.518. The molecule has 0 spiro atoms. The zero-order valence-corrected chi connectivity index (χ0v) is 16.3. The van der Waals surface area contributed by atoms with Gasteiger partial charge in [0.2, 0.25) is 0 Å². The Labute approximate surface area is 171 Å². The summed E-state index contributed by atoms with van der Waals surface area (Å²) in [6, 6.07) is 13.4. The van der Waals surface area contributed by atoms with Crippen molar-refractivity contribution >= 4 is 11.6 Å². The predicted molar refractivity (Wildman–Crippen MR) is 107 cm³/mol. The number of amides is 1. The van der Waals surface area contributed by atoms with Gasteiger partial charge in [0.25, 0.3) is 5.91 Å². The molecule has 0 saturated carbocycles. The summed E-state index contributed by atoms with van der Waals surface area (Å²) >= 11 is 0. The van der Waals surface area contributed by atoms with Gasteiger partial charge < -0.3 is 9.84 Å². The lowest BCUT2D eigenvalue weighted by atomic mass is 10.1. The molecule has 1 N–H and O–H groups in total. The van der Waals surface area contributed by atoms with Gasteiger partial charge >= 0.3 is 0 Å². The summed E-state index contributed by atoms with van der Waals surface area (Å²) in [6.07, 6.45) is 0. The van der Waals surface area contributed by atoms with Gasteiger partial charge in [-0.25, -0.2) is 8.78 Å². The van der Waals surface area contributed by atoms with E-state index in [0.717, 1.165) is 11.3 Å². The number of carbonyl (C=O) groups excluding carboxylic acids is 1. The van der Waals surface area contributed by atoms with Gasteiger partial charge in [0, 0.05) is 11.6 Å². The number of hydrogen-bond donors (Lipinski definition) is 1. The minimum atomic E-state index is -0.445. The Hall–Kier alpha value is -3.81. The summed E-state index contributed by atoms with van der Waals surface area (Å²) in [6.45, 7) is 4.07. The van der Waals surface area contributed by atoms with Crippen LogP contribution in [0.2, 0.25) is 0 Å². The minimum Gasteiger partial charge on any atom is -0.355 e. The molecule has 0 saturated heterocycles. The highest BCUT2D eigenvalue weighted by molar-refractivity contribution is 6.03. The van der Waals surface area contributed by atoms with E-state index in [4.69, 9.17) is 4.52 Å². The second-order valence-corrected chi connectivity index (χ2v) is 6.87. The van der Waals surface area contributed by atoms with Crippen molar-refractivity contribution < 1.29 is 18.1 Å². The molecule has 0 bridgehead atoms. The Kier molecular flexibility index (Phi) is 5.14. The third kappa shape index (κ3) is 3.98. The second-order valence-electron chi connectivity index (χ2n) is 6.87. The summed E-state index contributed by atoms with van der Waals surface area (Å²) in [5.74, 6) is -0.743. The smallest absolute Gasteiger partial charge is 0.277 e. The van der Waals surface area contributed by atoms with Gasteiger partial charge in [0.05, 0.1) is 23.6 Å². The van der Waals surface area contributed by atoms with Crippen molar-refractivity contribution in [3.8, 4) is 11.3 Å². The third-order valence-corrected chi connectivity index (χ3v) is 4.74. The van der Waals surface area contributed by atoms with E-state index < -0.39 is 5.91 Å². The molecule has 0 aliphatic carbocycles. The van der Waals surface area contributed by atoms with Crippen molar-refractivity contribution in [2.45, 2.75) is 20.4 Å². The fraction of sp³-hybridized carbons (Fsp3) is 0.136. The first-order valence-corrected chi connectivity index (χ1v) is 9.23. The maximum Gasteiger partial charge on any atom is 0.277 e. The lowest BCUT2D eigenvalue weighted by Crippen LogP contribution is -2.13. The summed E-state index contributed by atoms with van der Waals surface area (Å²) in [5, 5.41) is 11.1. The van der Waals surface area contributed by atoms with Crippen molar-refractivity contribution in [2.75, 3.05) is 5.32 Å². The van der Waals surface area contributed by atoms with Gasteiger partial charge in [-0.2, -0.15) is 5.10 Å². The molecular weight excluding hydrogens is 390 g/mol. The monoisotopic (exact) mass is 408 g/mol. The van der Waals surface area contributed by atoms with Crippen LogP contribution in [-0.2, 0) is 6.54 Å².